The maximum absolute atomic E-state index is 12.3. The fourth-order valence-electron chi connectivity index (χ4n) is 1.85. The fraction of sp³-hybridized carbons (Fsp3) is 0.417. The van der Waals surface area contributed by atoms with Crippen molar-refractivity contribution in [3.63, 3.8) is 0 Å². The zero-order chi connectivity index (χ0) is 14.8. The lowest BCUT2D eigenvalue weighted by Crippen LogP contribution is -2.13. The number of sulfonamides is 1. The van der Waals surface area contributed by atoms with Gasteiger partial charge < -0.3 is 9.73 Å². The third kappa shape index (κ3) is 3.02. The van der Waals surface area contributed by atoms with E-state index in [9.17, 15) is 8.42 Å². The van der Waals surface area contributed by atoms with Crippen molar-refractivity contribution in [2.24, 2.45) is 0 Å². The molecule has 2 aromatic heterocycles. The predicted molar refractivity (Wildman–Crippen MR) is 74.9 cm³/mol. The largest absolute Gasteiger partial charge is 0.464 e. The quantitative estimate of drug-likeness (QED) is 0.839. The monoisotopic (exact) mass is 298 g/mol. The van der Waals surface area contributed by atoms with E-state index in [1.807, 2.05) is 6.92 Å². The highest BCUT2D eigenvalue weighted by atomic mass is 32.2. The molecule has 2 N–H and O–H groups in total. The van der Waals surface area contributed by atoms with Crippen LogP contribution in [-0.2, 0) is 23.1 Å². The molecule has 0 atom stereocenters. The van der Waals surface area contributed by atoms with Gasteiger partial charge in [0, 0.05) is 18.8 Å². The molecular weight excluding hydrogens is 280 g/mol. The predicted octanol–water partition coefficient (Wildman–Crippen LogP) is 1.32. The molecule has 0 bridgehead atoms. The van der Waals surface area contributed by atoms with Crippen LogP contribution in [0.25, 0.3) is 0 Å². The number of anilines is 1. The molecule has 0 amide bonds. The van der Waals surface area contributed by atoms with Gasteiger partial charge in [0.05, 0.1) is 18.4 Å². The molecular formula is C12H18N4O3S. The number of rotatable bonds is 6. The molecule has 8 heteroatoms. The minimum absolute atomic E-state index is 0.145. The topological polar surface area (TPSA) is 89.2 Å². The highest BCUT2D eigenvalue weighted by Gasteiger charge is 2.21. The first kappa shape index (κ1) is 14.6. The molecule has 0 aliphatic rings. The first-order chi connectivity index (χ1) is 9.46. The smallest absolute Gasteiger partial charge is 0.265 e. The lowest BCUT2D eigenvalue weighted by Gasteiger charge is -2.03. The van der Waals surface area contributed by atoms with Crippen LogP contribution in [0.1, 0.15) is 18.4 Å². The van der Waals surface area contributed by atoms with E-state index in [1.165, 1.54) is 12.3 Å². The Bertz CT molecular complexity index is 687. The summed E-state index contributed by atoms with van der Waals surface area (Å²) in [5.74, 6) is 0.945. The molecule has 0 radical (unpaired) electrons. The normalized spacial score (nSPS) is 11.8. The molecule has 0 unspecified atom stereocenters. The van der Waals surface area contributed by atoms with Gasteiger partial charge in [-0.2, -0.15) is 5.10 Å². The second-order valence-corrected chi connectivity index (χ2v) is 6.00. The van der Waals surface area contributed by atoms with Crippen molar-refractivity contribution in [3.05, 3.63) is 30.0 Å². The van der Waals surface area contributed by atoms with Gasteiger partial charge in [-0.05, 0) is 20.9 Å². The van der Waals surface area contributed by atoms with Crippen molar-refractivity contribution < 1.29 is 12.8 Å². The van der Waals surface area contributed by atoms with Crippen molar-refractivity contribution in [1.82, 2.24) is 15.1 Å². The van der Waals surface area contributed by atoms with Crippen LogP contribution in [-0.4, -0.2) is 25.2 Å². The van der Waals surface area contributed by atoms with Crippen molar-refractivity contribution in [1.29, 1.82) is 0 Å². The van der Waals surface area contributed by atoms with Crippen molar-refractivity contribution in [2.75, 3.05) is 11.8 Å². The summed E-state index contributed by atoms with van der Waals surface area (Å²) in [5, 5.41) is 6.94. The average molecular weight is 298 g/mol. The van der Waals surface area contributed by atoms with E-state index >= 15 is 0 Å². The molecule has 0 aromatic carbocycles. The minimum Gasteiger partial charge on any atom is -0.464 e. The summed E-state index contributed by atoms with van der Waals surface area (Å²) < 4.78 is 34.2. The maximum Gasteiger partial charge on any atom is 0.265 e. The zero-order valence-corrected chi connectivity index (χ0v) is 12.5. The Morgan fingerprint density at radius 2 is 2.20 bits per heavy atom. The molecule has 2 rings (SSSR count). The second kappa shape index (κ2) is 5.68. The number of furan rings is 1. The first-order valence-corrected chi connectivity index (χ1v) is 7.73. The van der Waals surface area contributed by atoms with Gasteiger partial charge in [-0.15, -0.1) is 0 Å². The molecule has 110 valence electrons. The van der Waals surface area contributed by atoms with Gasteiger partial charge in [-0.3, -0.25) is 9.40 Å². The number of nitrogens with zero attached hydrogens (tertiary/aromatic N) is 2. The maximum atomic E-state index is 12.3. The van der Waals surface area contributed by atoms with Crippen LogP contribution < -0.4 is 10.0 Å². The Hall–Kier alpha value is -1.80. The van der Waals surface area contributed by atoms with Crippen molar-refractivity contribution in [3.8, 4) is 0 Å². The summed E-state index contributed by atoms with van der Waals surface area (Å²) in [6.07, 6.45) is 3.12. The summed E-state index contributed by atoms with van der Waals surface area (Å²) in [6, 6.07) is 1.53. The summed E-state index contributed by atoms with van der Waals surface area (Å²) >= 11 is 0. The first-order valence-electron chi connectivity index (χ1n) is 6.25. The van der Waals surface area contributed by atoms with Gasteiger partial charge in [0.2, 0.25) is 0 Å². The van der Waals surface area contributed by atoms with Crippen molar-refractivity contribution >= 4 is 15.7 Å². The third-order valence-electron chi connectivity index (χ3n) is 2.77. The minimum atomic E-state index is -3.66. The lowest BCUT2D eigenvalue weighted by molar-refractivity contribution is 0.466. The molecule has 0 spiro atoms. The van der Waals surface area contributed by atoms with Gasteiger partial charge in [-0.25, -0.2) is 8.42 Å². The van der Waals surface area contributed by atoms with Gasteiger partial charge in [0.25, 0.3) is 10.0 Å². The number of aryl methyl sites for hydroxylation is 2. The molecule has 7 nitrogen and oxygen atoms in total. The van der Waals surface area contributed by atoms with E-state index in [1.54, 1.807) is 24.9 Å². The number of hydrogen-bond donors (Lipinski definition) is 2. The lowest BCUT2D eigenvalue weighted by atomic mass is 10.4. The molecule has 0 aliphatic heterocycles. The van der Waals surface area contributed by atoms with Gasteiger partial charge in [0.15, 0.2) is 0 Å². The molecule has 0 saturated carbocycles. The molecule has 2 aromatic rings. The van der Waals surface area contributed by atoms with Crippen LogP contribution in [0, 0.1) is 6.92 Å². The third-order valence-corrected chi connectivity index (χ3v) is 4.26. The van der Waals surface area contributed by atoms with Gasteiger partial charge >= 0.3 is 0 Å². The van der Waals surface area contributed by atoms with Crippen LogP contribution in [0.15, 0.2) is 27.8 Å². The van der Waals surface area contributed by atoms with Crippen LogP contribution in [0.4, 0.5) is 5.69 Å². The van der Waals surface area contributed by atoms with E-state index in [4.69, 9.17) is 4.42 Å². The Labute approximate surface area is 118 Å². The Morgan fingerprint density at radius 1 is 1.45 bits per heavy atom. The van der Waals surface area contributed by atoms with Crippen LogP contribution in [0.5, 0.6) is 0 Å². The average Bonchev–Trinajstić information content (AvgIpc) is 2.96. The number of hydrogen-bond acceptors (Lipinski definition) is 5. The number of nitrogens with one attached hydrogen (secondary N) is 2. The van der Waals surface area contributed by atoms with Crippen LogP contribution in [0.3, 0.4) is 0 Å². The molecule has 0 fully saturated rings. The summed E-state index contributed by atoms with van der Waals surface area (Å²) in [7, 11) is -1.89. The number of aromatic nitrogens is 2. The summed E-state index contributed by atoms with van der Waals surface area (Å²) in [4.78, 5) is 0.145. The highest BCUT2D eigenvalue weighted by molar-refractivity contribution is 7.92. The van der Waals surface area contributed by atoms with E-state index in [-0.39, 0.29) is 4.90 Å². The van der Waals surface area contributed by atoms with E-state index in [2.05, 4.69) is 15.1 Å². The van der Waals surface area contributed by atoms with Crippen LogP contribution in [0.2, 0.25) is 0 Å². The molecule has 0 saturated heterocycles. The van der Waals surface area contributed by atoms with Gasteiger partial charge in [0.1, 0.15) is 16.4 Å². The Kier molecular flexibility index (Phi) is 4.15. The molecule has 2 heterocycles. The van der Waals surface area contributed by atoms with E-state index in [0.717, 1.165) is 0 Å². The standard InChI is InChI=1S/C12H18N4O3S/c1-4-16-8-10(6-14-16)15-20(17,18)12-5-11(7-13-3)19-9(12)2/h5-6,8,13,15H,4,7H2,1-3H3. The zero-order valence-electron chi connectivity index (χ0n) is 11.7. The van der Waals surface area contributed by atoms with Crippen molar-refractivity contribution in [2.45, 2.75) is 31.8 Å². The molecule has 0 aliphatic carbocycles. The van der Waals surface area contributed by atoms with Gasteiger partial charge in [-0.1, -0.05) is 0 Å². The highest BCUT2D eigenvalue weighted by Crippen LogP contribution is 2.22. The van der Waals surface area contributed by atoms with E-state index < -0.39 is 10.0 Å². The fourth-order valence-corrected chi connectivity index (χ4v) is 3.08. The van der Waals surface area contributed by atoms with Crippen LogP contribution >= 0.6 is 0 Å². The SMILES string of the molecule is CCn1cc(NS(=O)(=O)c2cc(CNC)oc2C)cn1. The Balaban J connectivity index is 2.25. The van der Waals surface area contributed by atoms with E-state index in [0.29, 0.717) is 30.3 Å². The second-order valence-electron chi connectivity index (χ2n) is 4.35. The summed E-state index contributed by atoms with van der Waals surface area (Å²) in [5.41, 5.74) is 0.433. The Morgan fingerprint density at radius 3 is 2.80 bits per heavy atom. The molecule has 20 heavy (non-hydrogen) atoms. The summed E-state index contributed by atoms with van der Waals surface area (Å²) in [6.45, 7) is 4.71.